The molecule has 0 atom stereocenters. The molecule has 2 fully saturated rings. The van der Waals surface area contributed by atoms with Crippen molar-refractivity contribution in [2.24, 2.45) is 0 Å². The van der Waals surface area contributed by atoms with Crippen LogP contribution in [0.3, 0.4) is 0 Å². The molecule has 23 heavy (non-hydrogen) atoms. The van der Waals surface area contributed by atoms with Crippen molar-refractivity contribution in [2.75, 3.05) is 0 Å². The van der Waals surface area contributed by atoms with Gasteiger partial charge in [0.25, 0.3) is 0 Å². The van der Waals surface area contributed by atoms with Crippen molar-refractivity contribution < 1.29 is 17.7 Å². The maximum atomic E-state index is 12.3. The quantitative estimate of drug-likeness (QED) is 0.792. The molecule has 0 amide bonds. The lowest BCUT2D eigenvalue weighted by Gasteiger charge is -2.32. The molecule has 3 rings (SSSR count). The first-order chi connectivity index (χ1) is 10.5. The van der Waals surface area contributed by atoms with Crippen LogP contribution in [0, 0.1) is 6.92 Å². The van der Waals surface area contributed by atoms with Crippen LogP contribution in [0.5, 0.6) is 0 Å². The second kappa shape index (κ2) is 5.33. The van der Waals surface area contributed by atoms with Gasteiger partial charge in [0.15, 0.2) is 9.84 Å². The van der Waals surface area contributed by atoms with E-state index in [2.05, 4.69) is 0 Å². The van der Waals surface area contributed by atoms with Crippen molar-refractivity contribution >= 4 is 22.4 Å². The summed E-state index contributed by atoms with van der Waals surface area (Å²) in [4.78, 5) is 0. The van der Waals surface area contributed by atoms with Crippen LogP contribution in [0.4, 0.5) is 0 Å². The molecule has 0 bridgehead atoms. The summed E-state index contributed by atoms with van der Waals surface area (Å²) >= 11 is 0. The van der Waals surface area contributed by atoms with Gasteiger partial charge >= 0.3 is 7.12 Å². The highest BCUT2D eigenvalue weighted by atomic mass is 32.2. The van der Waals surface area contributed by atoms with E-state index >= 15 is 0 Å². The zero-order valence-corrected chi connectivity index (χ0v) is 15.4. The molecule has 1 heterocycles. The van der Waals surface area contributed by atoms with E-state index in [0.29, 0.717) is 0 Å². The van der Waals surface area contributed by atoms with Crippen LogP contribution in [-0.2, 0) is 24.9 Å². The first kappa shape index (κ1) is 17.0. The molecule has 126 valence electrons. The van der Waals surface area contributed by atoms with Gasteiger partial charge in [0.2, 0.25) is 0 Å². The van der Waals surface area contributed by atoms with Gasteiger partial charge in [0.1, 0.15) is 0 Å². The molecule has 1 aliphatic carbocycles. The monoisotopic (exact) mass is 336 g/mol. The fourth-order valence-corrected chi connectivity index (χ4v) is 4.68. The van der Waals surface area contributed by atoms with Crippen LogP contribution in [0.1, 0.15) is 51.7 Å². The SMILES string of the molecule is Cc1c(CS(=O)(=O)C2CC2)cccc1B1OC(C)(C)C(C)(C)O1. The number of rotatable bonds is 4. The Labute approximate surface area is 139 Å². The number of hydrogen-bond donors (Lipinski definition) is 0. The van der Waals surface area contributed by atoms with Gasteiger partial charge in [-0.25, -0.2) is 8.42 Å². The van der Waals surface area contributed by atoms with Crippen molar-refractivity contribution in [3.8, 4) is 0 Å². The van der Waals surface area contributed by atoms with Gasteiger partial charge in [-0.15, -0.1) is 0 Å². The molecule has 1 aromatic rings. The summed E-state index contributed by atoms with van der Waals surface area (Å²) < 4.78 is 36.8. The molecule has 0 unspecified atom stereocenters. The fourth-order valence-electron chi connectivity index (χ4n) is 2.85. The van der Waals surface area contributed by atoms with E-state index in [4.69, 9.17) is 9.31 Å². The molecule has 1 aliphatic heterocycles. The Morgan fingerprint density at radius 2 is 1.70 bits per heavy atom. The molecule has 0 aromatic heterocycles. The third-order valence-electron chi connectivity index (χ3n) is 5.38. The molecule has 1 aromatic carbocycles. The summed E-state index contributed by atoms with van der Waals surface area (Å²) in [5.41, 5.74) is 1.92. The molecular formula is C17H25BO4S. The Kier molecular flexibility index (Phi) is 3.94. The standard InChI is InChI=1S/C17H25BO4S/c1-12-13(11-23(19,20)14-9-10-14)7-6-8-15(12)18-21-16(2,3)17(4,5)22-18/h6-8,14H,9-11H2,1-5H3. The Morgan fingerprint density at radius 1 is 1.13 bits per heavy atom. The van der Waals surface area contributed by atoms with Gasteiger partial charge < -0.3 is 9.31 Å². The van der Waals surface area contributed by atoms with Crippen molar-refractivity contribution in [3.63, 3.8) is 0 Å². The van der Waals surface area contributed by atoms with E-state index in [-0.39, 0.29) is 11.0 Å². The maximum absolute atomic E-state index is 12.3. The predicted molar refractivity (Wildman–Crippen MR) is 92.5 cm³/mol. The van der Waals surface area contributed by atoms with Crippen molar-refractivity contribution in [1.29, 1.82) is 0 Å². The summed E-state index contributed by atoms with van der Waals surface area (Å²) in [6.07, 6.45) is 1.61. The summed E-state index contributed by atoms with van der Waals surface area (Å²) in [5.74, 6) is 0.108. The van der Waals surface area contributed by atoms with E-state index in [1.807, 2.05) is 52.8 Å². The van der Waals surface area contributed by atoms with Crippen molar-refractivity contribution in [3.05, 3.63) is 29.3 Å². The van der Waals surface area contributed by atoms with Crippen molar-refractivity contribution in [1.82, 2.24) is 0 Å². The summed E-state index contributed by atoms with van der Waals surface area (Å²) in [5, 5.41) is -0.137. The largest absolute Gasteiger partial charge is 0.495 e. The van der Waals surface area contributed by atoms with E-state index in [1.165, 1.54) is 0 Å². The smallest absolute Gasteiger partial charge is 0.399 e. The van der Waals surface area contributed by atoms with Gasteiger partial charge in [0.05, 0.1) is 22.2 Å². The molecule has 0 radical (unpaired) electrons. The molecule has 1 saturated carbocycles. The molecule has 0 N–H and O–H groups in total. The summed E-state index contributed by atoms with van der Waals surface area (Å²) in [7, 11) is -3.49. The van der Waals surface area contributed by atoms with Gasteiger partial charge in [-0.05, 0) is 64.1 Å². The molecule has 6 heteroatoms. The lowest BCUT2D eigenvalue weighted by molar-refractivity contribution is 0.00578. The fraction of sp³-hybridized carbons (Fsp3) is 0.647. The third-order valence-corrected chi connectivity index (χ3v) is 7.58. The Bertz CT molecular complexity index is 704. The van der Waals surface area contributed by atoms with Crippen LogP contribution < -0.4 is 5.46 Å². The highest BCUT2D eigenvalue weighted by Gasteiger charge is 2.52. The zero-order valence-electron chi connectivity index (χ0n) is 14.5. The maximum Gasteiger partial charge on any atom is 0.495 e. The Hall–Kier alpha value is -0.845. The molecule has 0 spiro atoms. The van der Waals surface area contributed by atoms with Gasteiger partial charge in [0, 0.05) is 0 Å². The second-order valence-corrected chi connectivity index (χ2v) is 10.0. The van der Waals surface area contributed by atoms with Crippen LogP contribution in [0.2, 0.25) is 0 Å². The highest BCUT2D eigenvalue weighted by molar-refractivity contribution is 7.91. The first-order valence-corrected chi connectivity index (χ1v) is 9.91. The minimum Gasteiger partial charge on any atom is -0.399 e. The van der Waals surface area contributed by atoms with Gasteiger partial charge in [-0.1, -0.05) is 18.2 Å². The number of hydrogen-bond acceptors (Lipinski definition) is 4. The van der Waals surface area contributed by atoms with Gasteiger partial charge in [-0.2, -0.15) is 0 Å². The normalized spacial score (nSPS) is 23.3. The third kappa shape index (κ3) is 3.09. The average molecular weight is 336 g/mol. The van der Waals surface area contributed by atoms with E-state index < -0.39 is 28.2 Å². The Balaban J connectivity index is 1.89. The summed E-state index contributed by atoms with van der Waals surface area (Å²) in [6.45, 7) is 10.0. The molecule has 4 nitrogen and oxygen atoms in total. The van der Waals surface area contributed by atoms with Crippen LogP contribution in [0.15, 0.2) is 18.2 Å². The zero-order chi connectivity index (χ0) is 17.0. The van der Waals surface area contributed by atoms with Crippen LogP contribution in [-0.4, -0.2) is 32.0 Å². The molecule has 2 aliphatic rings. The van der Waals surface area contributed by atoms with Gasteiger partial charge in [-0.3, -0.25) is 0 Å². The Morgan fingerprint density at radius 3 is 2.22 bits per heavy atom. The molecule has 1 saturated heterocycles. The number of benzene rings is 1. The topological polar surface area (TPSA) is 52.6 Å². The van der Waals surface area contributed by atoms with Crippen molar-refractivity contribution in [2.45, 2.75) is 69.7 Å². The number of sulfone groups is 1. The molecular weight excluding hydrogens is 311 g/mol. The van der Waals surface area contributed by atoms with Crippen LogP contribution >= 0.6 is 0 Å². The second-order valence-electron chi connectivity index (χ2n) is 7.73. The first-order valence-electron chi connectivity index (χ1n) is 8.19. The van der Waals surface area contributed by atoms with Crippen LogP contribution in [0.25, 0.3) is 0 Å². The lowest BCUT2D eigenvalue weighted by atomic mass is 9.75. The van der Waals surface area contributed by atoms with E-state index in [1.54, 1.807) is 0 Å². The van der Waals surface area contributed by atoms with E-state index in [9.17, 15) is 8.42 Å². The van der Waals surface area contributed by atoms with E-state index in [0.717, 1.165) is 29.4 Å². The predicted octanol–water partition coefficient (Wildman–Crippen LogP) is 2.37. The summed E-state index contributed by atoms with van der Waals surface area (Å²) in [6, 6.07) is 5.75. The average Bonchev–Trinajstić information content (AvgIpc) is 3.21. The lowest BCUT2D eigenvalue weighted by Crippen LogP contribution is -2.41. The minimum absolute atomic E-state index is 0.108. The minimum atomic E-state index is -3.03. The highest BCUT2D eigenvalue weighted by Crippen LogP contribution is 2.37.